The Balaban J connectivity index is 1.55. The minimum atomic E-state index is -1.34. The van der Waals surface area contributed by atoms with Crippen molar-refractivity contribution in [2.75, 3.05) is 0 Å². The molecule has 2 N–H and O–H groups in total. The number of hydrogen-bond donors (Lipinski definition) is 2. The predicted molar refractivity (Wildman–Crippen MR) is 124 cm³/mol. The van der Waals surface area contributed by atoms with Crippen LogP contribution in [0.2, 0.25) is 0 Å². The van der Waals surface area contributed by atoms with Crippen molar-refractivity contribution in [3.05, 3.63) is 107 Å². The molecule has 5 rings (SSSR count). The van der Waals surface area contributed by atoms with Crippen LogP contribution < -0.4 is 16.3 Å². The first kappa shape index (κ1) is 21.1. The fraction of sp³-hybridized carbons (Fsp3) is 0.0800. The molecule has 0 radical (unpaired) electrons. The Hall–Kier alpha value is -4.79. The third-order valence-corrected chi connectivity index (χ3v) is 5.78. The van der Waals surface area contributed by atoms with E-state index in [4.69, 9.17) is 0 Å². The Morgan fingerprint density at radius 2 is 1.44 bits per heavy atom. The standard InChI is InChI=1S/C25H19N5O4/c1-25(16-10-4-2-5-11-16)23(33)30(24(34)26-25)28-21(31)20-18-14-8-9-15-19(18)22(32)29(27-20)17-12-6-3-7-13-17/h2-15H,1H3,(H,26,34)(H,28,31)/t25-/m1/s1. The molecule has 0 saturated carbocycles. The average molecular weight is 453 g/mol. The molecule has 0 bridgehead atoms. The zero-order valence-corrected chi connectivity index (χ0v) is 18.1. The maximum absolute atomic E-state index is 13.3. The lowest BCUT2D eigenvalue weighted by Gasteiger charge is -2.22. The zero-order valence-electron chi connectivity index (χ0n) is 18.1. The molecule has 1 aliphatic heterocycles. The maximum Gasteiger partial charge on any atom is 0.344 e. The van der Waals surface area contributed by atoms with Crippen LogP contribution in [0.4, 0.5) is 4.79 Å². The smallest absolute Gasteiger partial charge is 0.318 e. The van der Waals surface area contributed by atoms with Gasteiger partial charge in [0, 0.05) is 5.39 Å². The molecule has 0 spiro atoms. The van der Waals surface area contributed by atoms with Gasteiger partial charge in [-0.15, -0.1) is 0 Å². The number of hydrazine groups is 1. The fourth-order valence-corrected chi connectivity index (χ4v) is 3.96. The van der Waals surface area contributed by atoms with Gasteiger partial charge < -0.3 is 5.32 Å². The molecule has 1 aliphatic rings. The van der Waals surface area contributed by atoms with Gasteiger partial charge in [-0.05, 0) is 30.7 Å². The minimum absolute atomic E-state index is 0.104. The molecule has 0 aliphatic carbocycles. The number of aromatic nitrogens is 2. The quantitative estimate of drug-likeness (QED) is 0.461. The van der Waals surface area contributed by atoms with Crippen LogP contribution in [0.3, 0.4) is 0 Å². The van der Waals surface area contributed by atoms with Crippen molar-refractivity contribution >= 4 is 28.6 Å². The number of carbonyl (C=O) groups is 3. The molecular weight excluding hydrogens is 434 g/mol. The first-order valence-corrected chi connectivity index (χ1v) is 10.5. The highest BCUT2D eigenvalue weighted by Gasteiger charge is 2.50. The van der Waals surface area contributed by atoms with Crippen molar-refractivity contribution in [1.82, 2.24) is 25.5 Å². The van der Waals surface area contributed by atoms with Gasteiger partial charge in [0.05, 0.1) is 11.1 Å². The van der Waals surface area contributed by atoms with Gasteiger partial charge in [-0.3, -0.25) is 19.8 Å². The van der Waals surface area contributed by atoms with Crippen LogP contribution in [-0.2, 0) is 10.3 Å². The Bertz CT molecular complexity index is 1500. The van der Waals surface area contributed by atoms with Crippen LogP contribution in [0.5, 0.6) is 0 Å². The summed E-state index contributed by atoms with van der Waals surface area (Å²) in [7, 11) is 0. The number of carbonyl (C=O) groups excluding carboxylic acids is 3. The van der Waals surface area contributed by atoms with Crippen LogP contribution in [0.15, 0.2) is 89.7 Å². The van der Waals surface area contributed by atoms with E-state index in [0.29, 0.717) is 21.6 Å². The second kappa shape index (κ2) is 7.96. The highest BCUT2D eigenvalue weighted by Crippen LogP contribution is 2.28. The zero-order chi connectivity index (χ0) is 23.9. The van der Waals surface area contributed by atoms with E-state index in [2.05, 4.69) is 15.8 Å². The molecule has 9 nitrogen and oxygen atoms in total. The molecule has 168 valence electrons. The van der Waals surface area contributed by atoms with Gasteiger partial charge in [-0.2, -0.15) is 14.8 Å². The monoisotopic (exact) mass is 453 g/mol. The second-order valence-corrected chi connectivity index (χ2v) is 7.95. The first-order chi connectivity index (χ1) is 16.4. The largest absolute Gasteiger partial charge is 0.344 e. The van der Waals surface area contributed by atoms with E-state index in [1.165, 1.54) is 0 Å². The normalized spacial score (nSPS) is 17.6. The number of rotatable bonds is 4. The van der Waals surface area contributed by atoms with Gasteiger partial charge >= 0.3 is 6.03 Å². The maximum atomic E-state index is 13.3. The van der Waals surface area contributed by atoms with Gasteiger partial charge in [-0.25, -0.2) is 4.79 Å². The number of imide groups is 1. The third-order valence-electron chi connectivity index (χ3n) is 5.78. The number of hydrogen-bond acceptors (Lipinski definition) is 5. The third kappa shape index (κ3) is 3.30. The summed E-state index contributed by atoms with van der Waals surface area (Å²) in [5.74, 6) is -1.44. The summed E-state index contributed by atoms with van der Waals surface area (Å²) in [6, 6.07) is 23.2. The first-order valence-electron chi connectivity index (χ1n) is 10.5. The SMILES string of the molecule is C[C@]1(c2ccccc2)NC(=O)N(NC(=O)c2nn(-c3ccccc3)c(=O)c3ccccc23)C1=O. The lowest BCUT2D eigenvalue weighted by Crippen LogP contribution is -2.48. The van der Waals surface area contributed by atoms with E-state index in [9.17, 15) is 19.2 Å². The molecule has 9 heteroatoms. The summed E-state index contributed by atoms with van der Waals surface area (Å²) < 4.78 is 1.12. The van der Waals surface area contributed by atoms with Gasteiger partial charge in [0.1, 0.15) is 5.54 Å². The molecular formula is C25H19N5O4. The van der Waals surface area contributed by atoms with E-state index in [-0.39, 0.29) is 11.1 Å². The summed E-state index contributed by atoms with van der Waals surface area (Å²) >= 11 is 0. The molecule has 0 unspecified atom stereocenters. The van der Waals surface area contributed by atoms with Crippen LogP contribution in [0.1, 0.15) is 23.0 Å². The van der Waals surface area contributed by atoms with Gasteiger partial charge in [0.25, 0.3) is 17.4 Å². The lowest BCUT2D eigenvalue weighted by molar-refractivity contribution is -0.132. The van der Waals surface area contributed by atoms with E-state index >= 15 is 0 Å². The second-order valence-electron chi connectivity index (χ2n) is 7.95. The summed E-state index contributed by atoms with van der Waals surface area (Å²) in [4.78, 5) is 52.1. The van der Waals surface area contributed by atoms with Crippen LogP contribution in [-0.4, -0.2) is 32.6 Å². The number of para-hydroxylation sites is 1. The fourth-order valence-electron chi connectivity index (χ4n) is 3.96. The molecule has 1 saturated heterocycles. The molecule has 1 atom stereocenters. The minimum Gasteiger partial charge on any atom is -0.318 e. The number of benzene rings is 3. The summed E-state index contributed by atoms with van der Waals surface area (Å²) in [5.41, 5.74) is 1.57. The Morgan fingerprint density at radius 3 is 2.12 bits per heavy atom. The average Bonchev–Trinajstić information content (AvgIpc) is 3.09. The number of nitrogens with one attached hydrogen (secondary N) is 2. The van der Waals surface area contributed by atoms with Crippen molar-refractivity contribution in [3.63, 3.8) is 0 Å². The van der Waals surface area contributed by atoms with Crippen LogP contribution in [0.25, 0.3) is 16.5 Å². The number of nitrogens with zero attached hydrogens (tertiary/aromatic N) is 3. The van der Waals surface area contributed by atoms with Crippen LogP contribution >= 0.6 is 0 Å². The predicted octanol–water partition coefficient (Wildman–Crippen LogP) is 2.50. The van der Waals surface area contributed by atoms with Crippen molar-refractivity contribution < 1.29 is 14.4 Å². The number of amides is 4. The molecule has 4 amide bonds. The van der Waals surface area contributed by atoms with Crippen molar-refractivity contribution in [3.8, 4) is 5.69 Å². The van der Waals surface area contributed by atoms with E-state index < -0.39 is 28.9 Å². The molecule has 1 aromatic heterocycles. The van der Waals surface area contributed by atoms with Crippen LogP contribution in [0, 0.1) is 0 Å². The van der Waals surface area contributed by atoms with Gasteiger partial charge in [-0.1, -0.05) is 66.7 Å². The van der Waals surface area contributed by atoms with E-state index in [1.54, 1.807) is 91.9 Å². The number of urea groups is 1. The molecule has 3 aromatic carbocycles. The van der Waals surface area contributed by atoms with Crippen molar-refractivity contribution in [2.45, 2.75) is 12.5 Å². The Morgan fingerprint density at radius 1 is 0.853 bits per heavy atom. The molecule has 4 aromatic rings. The van der Waals surface area contributed by atoms with Crippen molar-refractivity contribution in [1.29, 1.82) is 0 Å². The summed E-state index contributed by atoms with van der Waals surface area (Å²) in [6.45, 7) is 1.57. The molecule has 1 fully saturated rings. The van der Waals surface area contributed by atoms with E-state index in [0.717, 1.165) is 4.68 Å². The summed E-state index contributed by atoms with van der Waals surface area (Å²) in [6.07, 6.45) is 0. The molecule has 34 heavy (non-hydrogen) atoms. The topological polar surface area (TPSA) is 113 Å². The van der Waals surface area contributed by atoms with E-state index in [1.807, 2.05) is 0 Å². The highest BCUT2D eigenvalue weighted by molar-refractivity contribution is 6.11. The Kier molecular flexibility index (Phi) is 4.94. The van der Waals surface area contributed by atoms with Gasteiger partial charge in [0.2, 0.25) is 0 Å². The lowest BCUT2D eigenvalue weighted by atomic mass is 9.92. The van der Waals surface area contributed by atoms with Gasteiger partial charge in [0.15, 0.2) is 5.69 Å². The number of fused-ring (bicyclic) bond motifs is 1. The van der Waals surface area contributed by atoms with Crippen molar-refractivity contribution in [2.24, 2.45) is 0 Å². The Labute approximate surface area is 193 Å². The highest BCUT2D eigenvalue weighted by atomic mass is 16.2. The molecule has 2 heterocycles. The summed E-state index contributed by atoms with van der Waals surface area (Å²) in [5, 5.41) is 8.13.